The molecular weight excluding hydrogens is 566 g/mol. The Kier molecular flexibility index (Phi) is 7.80. The summed E-state index contributed by atoms with van der Waals surface area (Å²) < 4.78 is 69.7. The van der Waals surface area contributed by atoms with Gasteiger partial charge in [-0.3, -0.25) is 4.57 Å². The molecule has 0 saturated carbocycles. The lowest BCUT2D eigenvalue weighted by molar-refractivity contribution is 0.00142. The molecule has 210 valence electrons. The normalized spacial score (nSPS) is 16.5. The zero-order valence-electron chi connectivity index (χ0n) is 21.7. The molecule has 40 heavy (non-hydrogen) atoms. The highest BCUT2D eigenvalue weighted by Gasteiger charge is 2.38. The van der Waals surface area contributed by atoms with Crippen molar-refractivity contribution >= 4 is 21.4 Å². The summed E-state index contributed by atoms with van der Waals surface area (Å²) in [6, 6.07) is 5.59. The number of ether oxygens (including phenoxy) is 2. The largest absolute Gasteiger partial charge is 0.489 e. The Morgan fingerprint density at radius 2 is 1.88 bits per heavy atom. The number of aromatic nitrogens is 6. The Morgan fingerprint density at radius 1 is 1.12 bits per heavy atom. The number of hydrogen-bond donors (Lipinski definition) is 0. The highest BCUT2D eigenvalue weighted by molar-refractivity contribution is 7.91. The monoisotopic (exact) mass is 590 g/mol. The first-order valence-electron chi connectivity index (χ1n) is 12.4. The summed E-state index contributed by atoms with van der Waals surface area (Å²) in [5.74, 6) is -1.40. The lowest BCUT2D eigenvalue weighted by Gasteiger charge is -2.25. The van der Waals surface area contributed by atoms with E-state index in [-0.39, 0.29) is 35.7 Å². The van der Waals surface area contributed by atoms with Crippen LogP contribution >= 0.6 is 11.6 Å². The minimum Gasteiger partial charge on any atom is -0.489 e. The molecule has 10 nitrogen and oxygen atoms in total. The molecule has 0 unspecified atom stereocenters. The molecule has 0 N–H and O–H groups in total. The van der Waals surface area contributed by atoms with Crippen LogP contribution in [0.25, 0.3) is 11.5 Å². The molecular formula is C26H25ClF2N6O4S. The van der Waals surface area contributed by atoms with Crippen LogP contribution in [0.15, 0.2) is 48.9 Å². The van der Waals surface area contributed by atoms with Gasteiger partial charge in [-0.2, -0.15) is 0 Å². The van der Waals surface area contributed by atoms with E-state index < -0.39 is 44.6 Å². The highest BCUT2D eigenvalue weighted by atomic mass is 35.5. The van der Waals surface area contributed by atoms with Crippen molar-refractivity contribution in [2.45, 2.75) is 50.0 Å². The van der Waals surface area contributed by atoms with Crippen LogP contribution in [0.3, 0.4) is 0 Å². The molecule has 4 heterocycles. The molecule has 0 amide bonds. The molecule has 4 aromatic rings. The molecule has 14 heteroatoms. The minimum absolute atomic E-state index is 0.0259. The zero-order valence-corrected chi connectivity index (χ0v) is 23.3. The van der Waals surface area contributed by atoms with Crippen molar-refractivity contribution in [2.24, 2.45) is 0 Å². The second kappa shape index (κ2) is 11.1. The van der Waals surface area contributed by atoms with Crippen molar-refractivity contribution in [3.63, 3.8) is 0 Å². The second-order valence-corrected chi connectivity index (χ2v) is 12.3. The van der Waals surface area contributed by atoms with E-state index in [4.69, 9.17) is 21.1 Å². The molecule has 3 aromatic heterocycles. The van der Waals surface area contributed by atoms with E-state index in [9.17, 15) is 12.8 Å². The molecule has 1 aromatic carbocycles. The summed E-state index contributed by atoms with van der Waals surface area (Å²) in [6.07, 6.45) is 2.91. The van der Waals surface area contributed by atoms with Crippen molar-refractivity contribution in [1.82, 2.24) is 29.7 Å². The van der Waals surface area contributed by atoms with Crippen LogP contribution in [0, 0.1) is 11.6 Å². The Labute approximate surface area is 234 Å². The lowest BCUT2D eigenvalue weighted by atomic mass is 10.1. The maximum absolute atomic E-state index is 15.0. The van der Waals surface area contributed by atoms with Crippen molar-refractivity contribution in [2.75, 3.05) is 6.61 Å². The van der Waals surface area contributed by atoms with Gasteiger partial charge in [-0.25, -0.2) is 32.2 Å². The predicted octanol–water partition coefficient (Wildman–Crippen LogP) is 4.51. The lowest BCUT2D eigenvalue weighted by Crippen LogP contribution is -2.32. The van der Waals surface area contributed by atoms with Crippen molar-refractivity contribution in [3.8, 4) is 17.3 Å². The number of halogens is 3. The van der Waals surface area contributed by atoms with Crippen LogP contribution in [-0.2, 0) is 20.3 Å². The first-order chi connectivity index (χ1) is 19.0. The standard InChI is InChI=1S/C26H25ClF2N6O4S/c1-14(2)39-24(25-31-10-16(27)11-32-25)15(3)40(36,37)13-22-33-34-26-23-21(5-4-8-30-23)38-12-20(35(22)26)18-7-6-17(28)9-19(18)29/h4-11,14-15,20,24H,12-13H2,1-3H3/t15-,20+,24+/m0/s1. The van der Waals surface area contributed by atoms with Gasteiger partial charge in [0.15, 0.2) is 21.5 Å². The first-order valence-corrected chi connectivity index (χ1v) is 14.5. The molecule has 1 aliphatic rings. The third kappa shape index (κ3) is 5.54. The van der Waals surface area contributed by atoms with E-state index in [0.29, 0.717) is 16.5 Å². The summed E-state index contributed by atoms with van der Waals surface area (Å²) in [6.45, 7) is 4.93. The molecule has 0 bridgehead atoms. The van der Waals surface area contributed by atoms with Gasteiger partial charge in [0.25, 0.3) is 0 Å². The number of fused-ring (bicyclic) bond motifs is 3. The number of rotatable bonds is 8. The van der Waals surface area contributed by atoms with Gasteiger partial charge in [-0.15, -0.1) is 10.2 Å². The van der Waals surface area contributed by atoms with Crippen LogP contribution in [0.4, 0.5) is 8.78 Å². The molecule has 0 radical (unpaired) electrons. The van der Waals surface area contributed by atoms with E-state index in [2.05, 4.69) is 25.1 Å². The maximum atomic E-state index is 15.0. The molecule has 0 saturated heterocycles. The molecule has 0 spiro atoms. The van der Waals surface area contributed by atoms with Crippen LogP contribution in [0.1, 0.15) is 50.1 Å². The van der Waals surface area contributed by atoms with Gasteiger partial charge >= 0.3 is 0 Å². The highest BCUT2D eigenvalue weighted by Crippen LogP contribution is 2.37. The smallest absolute Gasteiger partial charge is 0.187 e. The van der Waals surface area contributed by atoms with Crippen LogP contribution < -0.4 is 4.74 Å². The fourth-order valence-corrected chi connectivity index (χ4v) is 5.95. The molecule has 5 rings (SSSR count). The summed E-state index contributed by atoms with van der Waals surface area (Å²) in [7, 11) is -4.01. The zero-order chi connectivity index (χ0) is 28.6. The van der Waals surface area contributed by atoms with Gasteiger partial charge < -0.3 is 9.47 Å². The van der Waals surface area contributed by atoms with Gasteiger partial charge in [0.2, 0.25) is 0 Å². The van der Waals surface area contributed by atoms with Gasteiger partial charge in [-0.1, -0.05) is 17.7 Å². The quantitative estimate of drug-likeness (QED) is 0.291. The Hall–Kier alpha value is -3.55. The van der Waals surface area contributed by atoms with Crippen molar-refractivity contribution in [3.05, 3.63) is 82.8 Å². The van der Waals surface area contributed by atoms with Gasteiger partial charge in [0.05, 0.1) is 22.4 Å². The summed E-state index contributed by atoms with van der Waals surface area (Å²) in [5.41, 5.74) is 0.393. The predicted molar refractivity (Wildman–Crippen MR) is 141 cm³/mol. The average molecular weight is 591 g/mol. The van der Waals surface area contributed by atoms with E-state index in [1.54, 1.807) is 26.0 Å². The molecule has 0 fully saturated rings. The summed E-state index contributed by atoms with van der Waals surface area (Å²) in [4.78, 5) is 12.7. The molecule has 3 atom stereocenters. The molecule has 1 aliphatic heterocycles. The van der Waals surface area contributed by atoms with Gasteiger partial charge in [0.1, 0.15) is 47.4 Å². The Bertz CT molecular complexity index is 1630. The average Bonchev–Trinajstić information content (AvgIpc) is 3.23. The van der Waals surface area contributed by atoms with Crippen LogP contribution in [-0.4, -0.2) is 56.1 Å². The van der Waals surface area contributed by atoms with E-state index in [1.165, 1.54) is 36.1 Å². The SMILES string of the molecule is CC(C)O[C@@H](c1ncc(Cl)cn1)[C@H](C)S(=O)(=O)Cc1nnc2n1[C@@H](c1ccc(F)cc1F)COc1cccnc1-2. The third-order valence-corrected chi connectivity index (χ3v) is 8.65. The van der Waals surface area contributed by atoms with Gasteiger partial charge in [0, 0.05) is 30.2 Å². The maximum Gasteiger partial charge on any atom is 0.187 e. The van der Waals surface area contributed by atoms with Crippen molar-refractivity contribution in [1.29, 1.82) is 0 Å². The number of hydrogen-bond acceptors (Lipinski definition) is 9. The van der Waals surface area contributed by atoms with Crippen LogP contribution in [0.2, 0.25) is 5.02 Å². The number of benzene rings is 1. The fourth-order valence-electron chi connectivity index (χ4n) is 4.47. The second-order valence-electron chi connectivity index (χ2n) is 9.53. The topological polar surface area (TPSA) is 122 Å². The number of pyridine rings is 1. The first kappa shape index (κ1) is 28.0. The minimum atomic E-state index is -4.01. The summed E-state index contributed by atoms with van der Waals surface area (Å²) >= 11 is 5.92. The third-order valence-electron chi connectivity index (χ3n) is 6.42. The fraction of sp³-hybridized carbons (Fsp3) is 0.346. The van der Waals surface area contributed by atoms with Crippen LogP contribution in [0.5, 0.6) is 5.75 Å². The number of sulfone groups is 1. The Morgan fingerprint density at radius 3 is 2.58 bits per heavy atom. The van der Waals surface area contributed by atoms with E-state index in [0.717, 1.165) is 12.1 Å². The number of nitrogens with zero attached hydrogens (tertiary/aromatic N) is 6. The molecule has 0 aliphatic carbocycles. The van der Waals surface area contributed by atoms with E-state index >= 15 is 4.39 Å². The van der Waals surface area contributed by atoms with Crippen molar-refractivity contribution < 1.29 is 26.7 Å². The van der Waals surface area contributed by atoms with Gasteiger partial charge in [-0.05, 0) is 39.0 Å². The Balaban J connectivity index is 1.58. The summed E-state index contributed by atoms with van der Waals surface area (Å²) in [5, 5.41) is 7.59. The van der Waals surface area contributed by atoms with E-state index in [1.807, 2.05) is 0 Å².